The van der Waals surface area contributed by atoms with Crippen LogP contribution in [0.2, 0.25) is 0 Å². The number of non-ortho nitro benzene ring substituents is 1. The topological polar surface area (TPSA) is 114 Å². The smallest absolute Gasteiger partial charge is 0.273 e. The van der Waals surface area contributed by atoms with Gasteiger partial charge in [-0.2, -0.15) is 0 Å². The van der Waals surface area contributed by atoms with Gasteiger partial charge in [0.1, 0.15) is 5.75 Å². The van der Waals surface area contributed by atoms with Crippen LogP contribution in [-0.4, -0.2) is 36.9 Å². The number of carbonyl (C=O) groups is 2. The lowest BCUT2D eigenvalue weighted by Crippen LogP contribution is -2.26. The highest BCUT2D eigenvalue weighted by Crippen LogP contribution is 2.30. The molecule has 2 aromatic rings. The van der Waals surface area contributed by atoms with E-state index in [4.69, 9.17) is 4.74 Å². The van der Waals surface area contributed by atoms with E-state index in [1.165, 1.54) is 25.3 Å². The Morgan fingerprint density at radius 2 is 2.04 bits per heavy atom. The zero-order valence-electron chi connectivity index (χ0n) is 15.3. The maximum atomic E-state index is 12.3. The Bertz CT molecular complexity index is 915. The summed E-state index contributed by atoms with van der Waals surface area (Å²) in [5.74, 6) is -0.0883. The van der Waals surface area contributed by atoms with Crippen LogP contribution in [0.1, 0.15) is 12.8 Å². The molecule has 2 aromatic carbocycles. The van der Waals surface area contributed by atoms with E-state index >= 15 is 0 Å². The number of amides is 2. The summed E-state index contributed by atoms with van der Waals surface area (Å²) in [5.41, 5.74) is 1.63. The number of nitrogens with one attached hydrogen (secondary N) is 2. The highest BCUT2D eigenvalue weighted by molar-refractivity contribution is 6.00. The van der Waals surface area contributed by atoms with Crippen molar-refractivity contribution >= 4 is 34.6 Å². The van der Waals surface area contributed by atoms with Gasteiger partial charge in [0.15, 0.2) is 0 Å². The van der Waals surface area contributed by atoms with E-state index in [-0.39, 0.29) is 29.8 Å². The third-order valence-electron chi connectivity index (χ3n) is 4.38. The highest BCUT2D eigenvalue weighted by Gasteiger charge is 2.23. The van der Waals surface area contributed by atoms with Crippen LogP contribution in [0.4, 0.5) is 22.7 Å². The van der Waals surface area contributed by atoms with Crippen LogP contribution in [0.3, 0.4) is 0 Å². The van der Waals surface area contributed by atoms with Crippen molar-refractivity contribution in [1.82, 2.24) is 0 Å². The Morgan fingerprint density at radius 3 is 2.71 bits per heavy atom. The fourth-order valence-corrected chi connectivity index (χ4v) is 3.03. The first-order valence-corrected chi connectivity index (χ1v) is 8.75. The van der Waals surface area contributed by atoms with Gasteiger partial charge >= 0.3 is 0 Å². The molecule has 2 amide bonds. The van der Waals surface area contributed by atoms with Crippen LogP contribution in [-0.2, 0) is 9.59 Å². The summed E-state index contributed by atoms with van der Waals surface area (Å²) in [7, 11) is 1.37. The molecule has 0 aliphatic carbocycles. The average Bonchev–Trinajstić information content (AvgIpc) is 3.12. The lowest BCUT2D eigenvalue weighted by atomic mass is 10.2. The normalized spacial score (nSPS) is 13.3. The molecule has 0 saturated carbocycles. The first kappa shape index (κ1) is 19.2. The number of hydrogen-bond acceptors (Lipinski definition) is 6. The van der Waals surface area contributed by atoms with Gasteiger partial charge in [-0.3, -0.25) is 19.7 Å². The summed E-state index contributed by atoms with van der Waals surface area (Å²) in [6, 6.07) is 11.3. The van der Waals surface area contributed by atoms with Crippen LogP contribution < -0.4 is 20.3 Å². The summed E-state index contributed by atoms with van der Waals surface area (Å²) in [5, 5.41) is 16.6. The molecule has 1 heterocycles. The van der Waals surface area contributed by atoms with Gasteiger partial charge in [0.05, 0.1) is 41.7 Å². The Labute approximate surface area is 161 Å². The van der Waals surface area contributed by atoms with Crippen molar-refractivity contribution in [2.45, 2.75) is 12.8 Å². The average molecular weight is 384 g/mol. The minimum absolute atomic E-state index is 0.0425. The number of carbonyl (C=O) groups excluding carboxylic acids is 2. The van der Waals surface area contributed by atoms with Gasteiger partial charge in [-0.05, 0) is 24.6 Å². The molecule has 1 aliphatic heterocycles. The number of ether oxygens (including phenoxy) is 1. The number of nitrogens with zero attached hydrogens (tertiary/aromatic N) is 2. The summed E-state index contributed by atoms with van der Waals surface area (Å²) in [6.45, 7) is 0.614. The number of rotatable bonds is 7. The Kier molecular flexibility index (Phi) is 5.73. The Hall–Kier alpha value is -3.62. The maximum Gasteiger partial charge on any atom is 0.273 e. The second-order valence-corrected chi connectivity index (χ2v) is 6.21. The molecule has 0 atom stereocenters. The molecule has 0 spiro atoms. The van der Waals surface area contributed by atoms with E-state index in [0.29, 0.717) is 24.3 Å². The minimum atomic E-state index is -0.535. The van der Waals surface area contributed by atoms with Crippen molar-refractivity contribution in [3.05, 3.63) is 52.6 Å². The largest absolute Gasteiger partial charge is 0.494 e. The molecule has 9 heteroatoms. The van der Waals surface area contributed by atoms with Gasteiger partial charge in [0, 0.05) is 19.0 Å². The van der Waals surface area contributed by atoms with Crippen molar-refractivity contribution < 1.29 is 19.2 Å². The maximum absolute atomic E-state index is 12.3. The molecular formula is C19H20N4O5. The van der Waals surface area contributed by atoms with Gasteiger partial charge in [0.25, 0.3) is 5.69 Å². The van der Waals surface area contributed by atoms with Gasteiger partial charge in [-0.15, -0.1) is 0 Å². The van der Waals surface area contributed by atoms with Gasteiger partial charge in [-0.25, -0.2) is 0 Å². The molecule has 0 radical (unpaired) electrons. The van der Waals surface area contributed by atoms with E-state index in [0.717, 1.165) is 12.1 Å². The molecule has 1 aliphatic rings. The van der Waals surface area contributed by atoms with E-state index in [9.17, 15) is 19.7 Å². The number of benzene rings is 2. The Balaban J connectivity index is 1.67. The second kappa shape index (κ2) is 8.38. The Morgan fingerprint density at radius 1 is 1.25 bits per heavy atom. The number of methoxy groups -OCH3 is 1. The molecule has 28 heavy (non-hydrogen) atoms. The highest BCUT2D eigenvalue weighted by atomic mass is 16.6. The van der Waals surface area contributed by atoms with Crippen molar-refractivity contribution in [1.29, 1.82) is 0 Å². The summed E-state index contributed by atoms with van der Waals surface area (Å²) in [4.78, 5) is 36.4. The molecule has 0 unspecified atom stereocenters. The second-order valence-electron chi connectivity index (χ2n) is 6.21. The third kappa shape index (κ3) is 4.20. The number of nitro groups is 1. The van der Waals surface area contributed by atoms with Crippen LogP contribution >= 0.6 is 0 Å². The lowest BCUT2D eigenvalue weighted by molar-refractivity contribution is -0.384. The van der Waals surface area contributed by atoms with E-state index in [1.807, 2.05) is 18.2 Å². The fraction of sp³-hybridized carbons (Fsp3) is 0.263. The predicted molar refractivity (Wildman–Crippen MR) is 105 cm³/mol. The molecule has 1 saturated heterocycles. The van der Waals surface area contributed by atoms with Crippen LogP contribution in [0.5, 0.6) is 5.75 Å². The van der Waals surface area contributed by atoms with Gasteiger partial charge < -0.3 is 20.3 Å². The first-order chi connectivity index (χ1) is 13.5. The van der Waals surface area contributed by atoms with Crippen molar-refractivity contribution in [2.24, 2.45) is 0 Å². The van der Waals surface area contributed by atoms with Gasteiger partial charge in [0.2, 0.25) is 11.8 Å². The lowest BCUT2D eigenvalue weighted by Gasteiger charge is -2.20. The number of hydrogen-bond donors (Lipinski definition) is 2. The van der Waals surface area contributed by atoms with Crippen LogP contribution in [0.15, 0.2) is 42.5 Å². The monoisotopic (exact) mass is 384 g/mol. The first-order valence-electron chi connectivity index (χ1n) is 8.75. The molecule has 3 rings (SSSR count). The summed E-state index contributed by atoms with van der Waals surface area (Å²) >= 11 is 0. The van der Waals surface area contributed by atoms with E-state index in [2.05, 4.69) is 10.6 Å². The van der Waals surface area contributed by atoms with Crippen LogP contribution in [0, 0.1) is 10.1 Å². The van der Waals surface area contributed by atoms with Crippen molar-refractivity contribution in [3.8, 4) is 5.75 Å². The van der Waals surface area contributed by atoms with Crippen molar-refractivity contribution in [2.75, 3.05) is 35.7 Å². The standard InChI is InChI=1S/C19H20N4O5/c1-28-17-11-13(23(26)27)8-9-15(17)21-18(24)12-20-14-5-2-3-6-16(14)22-10-4-7-19(22)25/h2-3,5-6,8-9,11,20H,4,7,10,12H2,1H3,(H,21,24). The zero-order valence-corrected chi connectivity index (χ0v) is 15.3. The molecule has 146 valence electrons. The van der Waals surface area contributed by atoms with E-state index < -0.39 is 4.92 Å². The number of para-hydroxylation sites is 2. The molecular weight excluding hydrogens is 364 g/mol. The fourth-order valence-electron chi connectivity index (χ4n) is 3.03. The number of anilines is 3. The van der Waals surface area contributed by atoms with E-state index in [1.54, 1.807) is 11.0 Å². The quantitative estimate of drug-likeness (QED) is 0.560. The molecule has 2 N–H and O–H groups in total. The van der Waals surface area contributed by atoms with Crippen LogP contribution in [0.25, 0.3) is 0 Å². The predicted octanol–water partition coefficient (Wildman–Crippen LogP) is 2.78. The number of nitro benzene ring substituents is 1. The zero-order chi connectivity index (χ0) is 20.1. The molecule has 0 bridgehead atoms. The minimum Gasteiger partial charge on any atom is -0.494 e. The summed E-state index contributed by atoms with van der Waals surface area (Å²) in [6.07, 6.45) is 1.34. The van der Waals surface area contributed by atoms with Gasteiger partial charge in [-0.1, -0.05) is 12.1 Å². The SMILES string of the molecule is COc1cc([N+](=O)[O-])ccc1NC(=O)CNc1ccccc1N1CCCC1=O. The summed E-state index contributed by atoms with van der Waals surface area (Å²) < 4.78 is 5.11. The molecule has 1 fully saturated rings. The molecule has 0 aromatic heterocycles. The third-order valence-corrected chi connectivity index (χ3v) is 4.38. The van der Waals surface area contributed by atoms with Crippen molar-refractivity contribution in [3.63, 3.8) is 0 Å². The molecule has 9 nitrogen and oxygen atoms in total.